The monoisotopic (exact) mass is 255 g/mol. The van der Waals surface area contributed by atoms with Crippen molar-refractivity contribution >= 4 is 23.5 Å². The van der Waals surface area contributed by atoms with Crippen LogP contribution in [-0.4, -0.2) is 27.5 Å². The number of nitrogens with one attached hydrogen (secondary N) is 2. The van der Waals surface area contributed by atoms with Gasteiger partial charge in [0.15, 0.2) is 0 Å². The van der Waals surface area contributed by atoms with Gasteiger partial charge in [0.25, 0.3) is 0 Å². The molecule has 0 spiro atoms. The molecular weight excluding hydrogens is 238 g/mol. The minimum Gasteiger partial charge on any atom is -0.354 e. The summed E-state index contributed by atoms with van der Waals surface area (Å²) in [5.41, 5.74) is 0. The number of aromatic nitrogens is 3. The van der Waals surface area contributed by atoms with E-state index in [9.17, 15) is 0 Å². The topological polar surface area (TPSA) is 62.7 Å². The van der Waals surface area contributed by atoms with Crippen molar-refractivity contribution in [2.45, 2.75) is 45.1 Å². The lowest BCUT2D eigenvalue weighted by Crippen LogP contribution is -2.18. The summed E-state index contributed by atoms with van der Waals surface area (Å²) in [5.74, 6) is 1.13. The minimum absolute atomic E-state index is 0.235. The maximum Gasteiger partial charge on any atom is 0.229 e. The number of halogens is 1. The zero-order chi connectivity index (χ0) is 12.1. The fourth-order valence-corrected chi connectivity index (χ4v) is 2.14. The average molecular weight is 256 g/mol. The highest BCUT2D eigenvalue weighted by atomic mass is 35.5. The van der Waals surface area contributed by atoms with Gasteiger partial charge in [-0.15, -0.1) is 0 Å². The zero-order valence-corrected chi connectivity index (χ0v) is 10.8. The first-order valence-corrected chi connectivity index (χ1v) is 6.57. The molecule has 2 rings (SSSR count). The van der Waals surface area contributed by atoms with Gasteiger partial charge in [-0.1, -0.05) is 19.8 Å². The Hall–Kier alpha value is -1.10. The zero-order valence-electron chi connectivity index (χ0n) is 10.0. The number of nitrogens with zero attached hydrogens (tertiary/aromatic N) is 3. The number of hydrogen-bond acceptors (Lipinski definition) is 5. The smallest absolute Gasteiger partial charge is 0.229 e. The standard InChI is InChI=1S/C11H18ClN5/c1-2-7-13-10-15-9(12)16-11(17-10)14-8-5-3-4-6-8/h8H,2-7H2,1H3,(H2,13,14,15,16,17). The minimum atomic E-state index is 0.235. The molecule has 1 fully saturated rings. The molecule has 1 aliphatic rings. The van der Waals surface area contributed by atoms with Gasteiger partial charge in [-0.25, -0.2) is 0 Å². The molecule has 0 amide bonds. The molecule has 0 atom stereocenters. The quantitative estimate of drug-likeness (QED) is 0.847. The van der Waals surface area contributed by atoms with Crippen molar-refractivity contribution in [1.82, 2.24) is 15.0 Å². The summed E-state index contributed by atoms with van der Waals surface area (Å²) in [7, 11) is 0. The number of hydrogen-bond donors (Lipinski definition) is 2. The van der Waals surface area contributed by atoms with Crippen LogP contribution in [0.5, 0.6) is 0 Å². The Kier molecular flexibility index (Phi) is 4.36. The molecule has 1 aromatic rings. The Bertz CT molecular complexity index is 365. The fourth-order valence-electron chi connectivity index (χ4n) is 1.98. The highest BCUT2D eigenvalue weighted by Crippen LogP contribution is 2.21. The van der Waals surface area contributed by atoms with Crippen molar-refractivity contribution in [3.8, 4) is 0 Å². The third-order valence-electron chi connectivity index (χ3n) is 2.83. The maximum atomic E-state index is 5.87. The van der Waals surface area contributed by atoms with Crippen LogP contribution in [0.1, 0.15) is 39.0 Å². The first kappa shape index (κ1) is 12.4. The second-order valence-electron chi connectivity index (χ2n) is 4.30. The maximum absolute atomic E-state index is 5.87. The molecule has 2 N–H and O–H groups in total. The van der Waals surface area contributed by atoms with E-state index in [2.05, 4.69) is 32.5 Å². The van der Waals surface area contributed by atoms with Gasteiger partial charge in [0.1, 0.15) is 0 Å². The molecule has 1 aliphatic carbocycles. The number of anilines is 2. The summed E-state index contributed by atoms with van der Waals surface area (Å²) < 4.78 is 0. The van der Waals surface area contributed by atoms with Crippen LogP contribution in [0.2, 0.25) is 5.28 Å². The lowest BCUT2D eigenvalue weighted by molar-refractivity contribution is 0.742. The molecule has 94 valence electrons. The van der Waals surface area contributed by atoms with E-state index in [1.165, 1.54) is 25.7 Å². The molecule has 0 radical (unpaired) electrons. The van der Waals surface area contributed by atoms with E-state index in [0.717, 1.165) is 13.0 Å². The predicted octanol–water partition coefficient (Wildman–Crippen LogP) is 2.70. The highest BCUT2D eigenvalue weighted by Gasteiger charge is 2.16. The lowest BCUT2D eigenvalue weighted by Gasteiger charge is -2.12. The Labute approximate surface area is 106 Å². The van der Waals surface area contributed by atoms with Crippen molar-refractivity contribution in [1.29, 1.82) is 0 Å². The van der Waals surface area contributed by atoms with E-state index in [4.69, 9.17) is 11.6 Å². The summed E-state index contributed by atoms with van der Waals surface area (Å²) >= 11 is 5.87. The largest absolute Gasteiger partial charge is 0.354 e. The van der Waals surface area contributed by atoms with Gasteiger partial charge >= 0.3 is 0 Å². The van der Waals surface area contributed by atoms with Gasteiger partial charge in [-0.2, -0.15) is 15.0 Å². The summed E-state index contributed by atoms with van der Waals surface area (Å²) in [6.45, 7) is 2.93. The van der Waals surface area contributed by atoms with Crippen molar-refractivity contribution in [3.63, 3.8) is 0 Å². The Morgan fingerprint density at radius 1 is 1.18 bits per heavy atom. The van der Waals surface area contributed by atoms with E-state index >= 15 is 0 Å². The fraction of sp³-hybridized carbons (Fsp3) is 0.727. The molecule has 5 nitrogen and oxygen atoms in total. The normalized spacial score (nSPS) is 16.1. The van der Waals surface area contributed by atoms with Crippen LogP contribution in [-0.2, 0) is 0 Å². The Morgan fingerprint density at radius 3 is 2.59 bits per heavy atom. The van der Waals surface area contributed by atoms with Crippen LogP contribution in [0.25, 0.3) is 0 Å². The third kappa shape index (κ3) is 3.70. The van der Waals surface area contributed by atoms with Gasteiger partial charge in [-0.05, 0) is 30.9 Å². The summed E-state index contributed by atoms with van der Waals surface area (Å²) in [6.07, 6.45) is 5.94. The predicted molar refractivity (Wildman–Crippen MR) is 69.5 cm³/mol. The van der Waals surface area contributed by atoms with Gasteiger partial charge < -0.3 is 10.6 Å². The van der Waals surface area contributed by atoms with Crippen LogP contribution < -0.4 is 10.6 Å². The molecule has 0 bridgehead atoms. The highest BCUT2D eigenvalue weighted by molar-refractivity contribution is 6.28. The molecule has 0 unspecified atom stereocenters. The summed E-state index contributed by atoms with van der Waals surface area (Å²) in [6, 6.07) is 0.479. The van der Waals surface area contributed by atoms with Crippen molar-refractivity contribution < 1.29 is 0 Å². The van der Waals surface area contributed by atoms with Crippen molar-refractivity contribution in [2.24, 2.45) is 0 Å². The first-order chi connectivity index (χ1) is 8.28. The second kappa shape index (κ2) is 6.00. The van der Waals surface area contributed by atoms with Crippen LogP contribution in [0.3, 0.4) is 0 Å². The van der Waals surface area contributed by atoms with E-state index < -0.39 is 0 Å². The van der Waals surface area contributed by atoms with Crippen LogP contribution in [0.4, 0.5) is 11.9 Å². The van der Waals surface area contributed by atoms with E-state index in [0.29, 0.717) is 17.9 Å². The Balaban J connectivity index is 2.02. The second-order valence-corrected chi connectivity index (χ2v) is 4.64. The van der Waals surface area contributed by atoms with Crippen LogP contribution >= 0.6 is 11.6 Å². The summed E-state index contributed by atoms with van der Waals surface area (Å²) in [4.78, 5) is 12.4. The molecule has 0 aliphatic heterocycles. The van der Waals surface area contributed by atoms with Gasteiger partial charge in [0.2, 0.25) is 17.2 Å². The molecule has 1 aromatic heterocycles. The van der Waals surface area contributed by atoms with E-state index in [-0.39, 0.29) is 5.28 Å². The summed E-state index contributed by atoms with van der Waals surface area (Å²) in [5, 5.41) is 6.66. The van der Waals surface area contributed by atoms with Crippen LogP contribution in [0, 0.1) is 0 Å². The third-order valence-corrected chi connectivity index (χ3v) is 3.00. The molecule has 0 saturated heterocycles. The molecule has 1 heterocycles. The molecular formula is C11H18ClN5. The van der Waals surface area contributed by atoms with Crippen molar-refractivity contribution in [2.75, 3.05) is 17.2 Å². The molecule has 0 aromatic carbocycles. The van der Waals surface area contributed by atoms with Gasteiger partial charge in [-0.3, -0.25) is 0 Å². The lowest BCUT2D eigenvalue weighted by atomic mass is 10.3. The molecule has 1 saturated carbocycles. The van der Waals surface area contributed by atoms with E-state index in [1.807, 2.05) is 0 Å². The van der Waals surface area contributed by atoms with E-state index in [1.54, 1.807) is 0 Å². The SMILES string of the molecule is CCCNc1nc(Cl)nc(NC2CCCC2)n1. The van der Waals surface area contributed by atoms with Crippen LogP contribution in [0.15, 0.2) is 0 Å². The molecule has 6 heteroatoms. The van der Waals surface area contributed by atoms with Crippen molar-refractivity contribution in [3.05, 3.63) is 5.28 Å². The van der Waals surface area contributed by atoms with Gasteiger partial charge in [0.05, 0.1) is 0 Å². The molecule has 17 heavy (non-hydrogen) atoms. The van der Waals surface area contributed by atoms with Gasteiger partial charge in [0, 0.05) is 12.6 Å². The number of rotatable bonds is 5. The average Bonchev–Trinajstić information content (AvgIpc) is 2.78. The first-order valence-electron chi connectivity index (χ1n) is 6.20. The Morgan fingerprint density at radius 2 is 1.88 bits per heavy atom.